The van der Waals surface area contributed by atoms with Crippen LogP contribution in [0.4, 0.5) is 6.01 Å². The molecule has 1 atom stereocenters. The summed E-state index contributed by atoms with van der Waals surface area (Å²) < 4.78 is 5.74. The Balaban J connectivity index is 1.45. The highest BCUT2D eigenvalue weighted by atomic mass is 35.5. The third kappa shape index (κ3) is 3.36. The summed E-state index contributed by atoms with van der Waals surface area (Å²) in [5.74, 6) is 0. The zero-order valence-corrected chi connectivity index (χ0v) is 15.4. The molecule has 1 unspecified atom stereocenters. The van der Waals surface area contributed by atoms with Gasteiger partial charge in [-0.2, -0.15) is 4.98 Å². The van der Waals surface area contributed by atoms with E-state index in [1.54, 1.807) is 12.1 Å². The molecule has 2 aromatic carbocycles. The zero-order chi connectivity index (χ0) is 18.1. The summed E-state index contributed by atoms with van der Waals surface area (Å²) in [5, 5.41) is 3.97. The highest BCUT2D eigenvalue weighted by molar-refractivity contribution is 6.93. The first kappa shape index (κ1) is 17.2. The molecule has 1 N–H and O–H groups in total. The summed E-state index contributed by atoms with van der Waals surface area (Å²) in [5.41, 5.74) is 3.71. The fourth-order valence-corrected chi connectivity index (χ4v) is 3.94. The lowest BCUT2D eigenvalue weighted by Crippen LogP contribution is -2.26. The molecule has 1 saturated heterocycles. The second-order valence-corrected chi connectivity index (χ2v) is 7.29. The molecule has 0 amide bonds. The quantitative estimate of drug-likeness (QED) is 0.635. The Morgan fingerprint density at radius 3 is 3.04 bits per heavy atom. The van der Waals surface area contributed by atoms with E-state index in [0.717, 1.165) is 42.1 Å². The maximum atomic E-state index is 12.9. The second-order valence-electron chi connectivity index (χ2n) is 6.86. The van der Waals surface area contributed by atoms with Crippen LogP contribution >= 0.6 is 11.6 Å². The first-order valence-electron chi connectivity index (χ1n) is 9.08. The van der Waals surface area contributed by atoms with E-state index in [1.165, 1.54) is 0 Å². The van der Waals surface area contributed by atoms with Gasteiger partial charge in [-0.1, -0.05) is 49.1 Å². The van der Waals surface area contributed by atoms with Crippen molar-refractivity contribution in [3.05, 3.63) is 58.6 Å². The molecule has 0 saturated carbocycles. The van der Waals surface area contributed by atoms with Crippen molar-refractivity contribution in [2.45, 2.75) is 38.4 Å². The molecular formula is C20H20BClN2O2. The Labute approximate surface area is 158 Å². The Bertz CT molecular complexity index is 956. The van der Waals surface area contributed by atoms with Crippen molar-refractivity contribution in [3.8, 4) is 0 Å². The third-order valence-electron chi connectivity index (χ3n) is 5.15. The summed E-state index contributed by atoms with van der Waals surface area (Å²) in [4.78, 5) is 17.4. The van der Waals surface area contributed by atoms with E-state index in [9.17, 15) is 4.79 Å². The van der Waals surface area contributed by atoms with Crippen molar-refractivity contribution in [3.63, 3.8) is 0 Å². The number of aryl methyl sites for hydroxylation is 1. The molecule has 1 fully saturated rings. The van der Waals surface area contributed by atoms with E-state index in [-0.39, 0.29) is 18.4 Å². The summed E-state index contributed by atoms with van der Waals surface area (Å²) >= 11 is 5.99. The van der Waals surface area contributed by atoms with Gasteiger partial charge in [-0.3, -0.25) is 0 Å². The normalized spacial score (nSPS) is 17.0. The van der Waals surface area contributed by atoms with Gasteiger partial charge >= 0.3 is 0 Å². The number of halogens is 1. The highest BCUT2D eigenvalue weighted by Crippen LogP contribution is 2.29. The number of aromatic nitrogens is 1. The number of fused-ring (bicyclic) bond motifs is 1. The standard InChI is InChI=1S/C20H20BClN2O2/c1-2-13-5-3-4-6-16(13)19(25)21-10-9-15(12-21)23-20-24-17-8-7-14(22)11-18(17)26-20/h3-8,11,15H,2,9-10,12H2,1H3,(H,23,24). The van der Waals surface area contributed by atoms with Crippen LogP contribution in [0, 0.1) is 0 Å². The van der Waals surface area contributed by atoms with Gasteiger partial charge in [-0.05, 0) is 36.9 Å². The van der Waals surface area contributed by atoms with Crippen molar-refractivity contribution < 1.29 is 9.21 Å². The molecule has 2 heterocycles. The number of rotatable bonds is 5. The molecule has 0 spiro atoms. The Morgan fingerprint density at radius 2 is 2.19 bits per heavy atom. The van der Waals surface area contributed by atoms with E-state index < -0.39 is 0 Å². The van der Waals surface area contributed by atoms with Gasteiger partial charge in [0, 0.05) is 22.7 Å². The van der Waals surface area contributed by atoms with Crippen molar-refractivity contribution in [1.29, 1.82) is 0 Å². The maximum absolute atomic E-state index is 12.9. The van der Waals surface area contributed by atoms with E-state index in [0.29, 0.717) is 16.6 Å². The minimum Gasteiger partial charge on any atom is -0.423 e. The number of hydrogen-bond acceptors (Lipinski definition) is 4. The van der Waals surface area contributed by atoms with Crippen LogP contribution in [-0.2, 0) is 6.42 Å². The minimum atomic E-state index is 0.0547. The lowest BCUT2D eigenvalue weighted by atomic mass is 9.43. The third-order valence-corrected chi connectivity index (χ3v) is 5.38. The van der Waals surface area contributed by atoms with Crippen molar-refractivity contribution in [2.75, 3.05) is 5.32 Å². The first-order chi connectivity index (χ1) is 12.6. The van der Waals surface area contributed by atoms with Gasteiger partial charge in [0.25, 0.3) is 6.01 Å². The number of carbonyl (C=O) groups is 1. The molecule has 0 bridgehead atoms. The van der Waals surface area contributed by atoms with Gasteiger partial charge in [0.05, 0.1) is 0 Å². The molecular weight excluding hydrogens is 346 g/mol. The molecule has 1 aliphatic rings. The van der Waals surface area contributed by atoms with Gasteiger partial charge < -0.3 is 14.5 Å². The van der Waals surface area contributed by atoms with Crippen LogP contribution < -0.4 is 5.32 Å². The van der Waals surface area contributed by atoms with Gasteiger partial charge in [0.15, 0.2) is 5.58 Å². The van der Waals surface area contributed by atoms with Gasteiger partial charge in [-0.25, -0.2) is 0 Å². The van der Waals surface area contributed by atoms with Crippen LogP contribution in [-0.4, -0.2) is 23.4 Å². The fraction of sp³-hybridized carbons (Fsp3) is 0.300. The van der Waals surface area contributed by atoms with Gasteiger partial charge in [-0.15, -0.1) is 0 Å². The van der Waals surface area contributed by atoms with E-state index >= 15 is 0 Å². The Hall–Kier alpha value is -2.27. The SMILES string of the molecule is CCc1ccccc1C(=O)B1CCC(Nc2nc3ccc(Cl)cc3o2)C1. The van der Waals surface area contributed by atoms with E-state index in [2.05, 4.69) is 17.2 Å². The summed E-state index contributed by atoms with van der Waals surface area (Å²) in [7, 11) is 0. The predicted molar refractivity (Wildman–Crippen MR) is 107 cm³/mol. The Morgan fingerprint density at radius 1 is 1.35 bits per heavy atom. The molecule has 26 heavy (non-hydrogen) atoms. The largest absolute Gasteiger partial charge is 0.423 e. The van der Waals surface area contributed by atoms with Crippen LogP contribution in [0.25, 0.3) is 11.1 Å². The maximum Gasteiger partial charge on any atom is 0.295 e. The smallest absolute Gasteiger partial charge is 0.295 e. The summed E-state index contributed by atoms with van der Waals surface area (Å²) in [6, 6.07) is 14.0. The molecule has 6 heteroatoms. The van der Waals surface area contributed by atoms with Crippen molar-refractivity contribution in [1.82, 2.24) is 4.98 Å². The molecule has 4 rings (SSSR count). The lowest BCUT2D eigenvalue weighted by Gasteiger charge is -2.11. The summed E-state index contributed by atoms with van der Waals surface area (Å²) in [6.07, 6.45) is 3.50. The number of oxazole rings is 1. The number of anilines is 1. The number of benzene rings is 2. The second kappa shape index (κ2) is 7.16. The molecule has 0 aliphatic carbocycles. The number of nitrogens with one attached hydrogen (secondary N) is 1. The molecule has 1 aliphatic heterocycles. The predicted octanol–water partition coefficient (Wildman–Crippen LogP) is 5.14. The minimum absolute atomic E-state index is 0.0547. The number of nitrogens with zero attached hydrogens (tertiary/aromatic N) is 1. The van der Waals surface area contributed by atoms with E-state index in [1.807, 2.05) is 30.3 Å². The molecule has 1 aromatic heterocycles. The highest BCUT2D eigenvalue weighted by Gasteiger charge is 2.35. The topological polar surface area (TPSA) is 55.1 Å². The van der Waals surface area contributed by atoms with Gasteiger partial charge in [0.2, 0.25) is 6.71 Å². The Kier molecular flexibility index (Phi) is 4.73. The van der Waals surface area contributed by atoms with E-state index in [4.69, 9.17) is 16.0 Å². The van der Waals surface area contributed by atoms with Crippen LogP contribution in [0.5, 0.6) is 0 Å². The molecule has 0 radical (unpaired) electrons. The number of hydrogen-bond donors (Lipinski definition) is 1. The van der Waals surface area contributed by atoms with Crippen LogP contribution in [0.3, 0.4) is 0 Å². The summed E-state index contributed by atoms with van der Waals surface area (Å²) in [6.45, 7) is 2.14. The molecule has 4 nitrogen and oxygen atoms in total. The monoisotopic (exact) mass is 366 g/mol. The van der Waals surface area contributed by atoms with Crippen molar-refractivity contribution in [2.24, 2.45) is 0 Å². The number of carbonyl (C=O) groups excluding carboxylic acids is 1. The molecule has 132 valence electrons. The lowest BCUT2D eigenvalue weighted by molar-refractivity contribution is 0.107. The van der Waals surface area contributed by atoms with Crippen LogP contribution in [0.1, 0.15) is 29.3 Å². The average molecular weight is 367 g/mol. The fourth-order valence-electron chi connectivity index (χ4n) is 3.77. The van der Waals surface area contributed by atoms with Gasteiger partial charge in [0.1, 0.15) is 11.2 Å². The average Bonchev–Trinajstić information content (AvgIpc) is 3.27. The van der Waals surface area contributed by atoms with Crippen molar-refractivity contribution >= 4 is 41.1 Å². The molecule has 3 aromatic rings. The van der Waals surface area contributed by atoms with Crippen LogP contribution in [0.2, 0.25) is 17.7 Å². The zero-order valence-electron chi connectivity index (χ0n) is 14.7. The first-order valence-corrected chi connectivity index (χ1v) is 9.46. The van der Waals surface area contributed by atoms with Crippen LogP contribution in [0.15, 0.2) is 46.9 Å².